The topological polar surface area (TPSA) is 374 Å². The van der Waals surface area contributed by atoms with Crippen molar-refractivity contribution < 1.29 is 53.7 Å². The van der Waals surface area contributed by atoms with Crippen LogP contribution in [-0.2, 0) is 44.8 Å². The number of hydrogen-bond donors (Lipinski definition) is 11. The molecule has 0 aliphatic carbocycles. The van der Waals surface area contributed by atoms with Crippen LogP contribution in [0.5, 0.6) is 0 Å². The third-order valence-electron chi connectivity index (χ3n) is 12.0. The predicted molar refractivity (Wildman–Crippen MR) is 228 cm³/mol. The largest absolute Gasteiger partial charge is 0.480 e. The van der Waals surface area contributed by atoms with E-state index >= 15 is 0 Å². The number of likely N-dealkylation sites (tertiary alicyclic amines) is 3. The first kappa shape index (κ1) is 50.8. The fraction of sp³-hybridized carbons (Fsp3) is 0.700. The van der Waals surface area contributed by atoms with Crippen LogP contribution >= 0.6 is 0 Å². The number of imidazole rings is 1. The van der Waals surface area contributed by atoms with Crippen LogP contribution in [0.15, 0.2) is 17.5 Å². The van der Waals surface area contributed by atoms with Crippen molar-refractivity contribution in [3.05, 3.63) is 18.2 Å². The minimum absolute atomic E-state index is 0.0879. The van der Waals surface area contributed by atoms with Gasteiger partial charge in [0.05, 0.1) is 25.1 Å². The van der Waals surface area contributed by atoms with E-state index in [0.717, 1.165) is 4.90 Å². The summed E-state index contributed by atoms with van der Waals surface area (Å²) in [5, 5.41) is 40.8. The number of guanidine groups is 1. The number of hydrogen-bond acceptors (Lipinski definition) is 13. The summed E-state index contributed by atoms with van der Waals surface area (Å²) < 4.78 is 0. The number of aliphatic carboxylic acids is 1. The van der Waals surface area contributed by atoms with Gasteiger partial charge in [-0.15, -0.1) is 0 Å². The van der Waals surface area contributed by atoms with Gasteiger partial charge >= 0.3 is 5.97 Å². The van der Waals surface area contributed by atoms with E-state index in [1.165, 1.54) is 29.2 Å². The molecule has 7 amide bonds. The molecule has 4 heterocycles. The molecule has 0 spiro atoms. The van der Waals surface area contributed by atoms with Crippen molar-refractivity contribution in [1.29, 1.82) is 0 Å². The number of rotatable bonds is 22. The summed E-state index contributed by atoms with van der Waals surface area (Å²) in [5.41, 5.74) is 17.3. The number of carbonyl (C=O) groups is 8. The SMILES string of the molecule is CC[C@H](C)[C@H](NC(=O)[C@H](CO)NC(=O)[C@H](Cc1cnc[nH]1)NC(=O)[C@@H]1CCCN1C(=O)[C@@H](N)CCCN=C(N)N)C(=O)N1CCC[C@H]1C(=O)N[C@H](C(=O)N1CCC[C@H]1C(=O)O)[C@@H](C)O. The molecule has 14 N–H and O–H groups in total. The Morgan fingerprint density at radius 3 is 1.89 bits per heavy atom. The predicted octanol–water partition coefficient (Wildman–Crippen LogP) is -4.25. The highest BCUT2D eigenvalue weighted by atomic mass is 16.4. The van der Waals surface area contributed by atoms with Crippen LogP contribution < -0.4 is 38.5 Å². The van der Waals surface area contributed by atoms with Crippen LogP contribution in [0.2, 0.25) is 0 Å². The lowest BCUT2D eigenvalue weighted by molar-refractivity contribution is -0.151. The number of carboxylic acid groups (broad SMARTS) is 1. The fourth-order valence-corrected chi connectivity index (χ4v) is 8.24. The Morgan fingerprint density at radius 1 is 0.812 bits per heavy atom. The maximum absolute atomic E-state index is 14.2. The Kier molecular flexibility index (Phi) is 18.8. The van der Waals surface area contributed by atoms with Crippen molar-refractivity contribution in [2.24, 2.45) is 28.1 Å². The van der Waals surface area contributed by atoms with Gasteiger partial charge in [-0.05, 0) is 64.2 Å². The molecule has 4 rings (SSSR count). The Labute approximate surface area is 370 Å². The molecule has 0 aromatic carbocycles. The number of amides is 7. The van der Waals surface area contributed by atoms with E-state index < -0.39 is 114 Å². The Morgan fingerprint density at radius 2 is 1.36 bits per heavy atom. The van der Waals surface area contributed by atoms with E-state index in [4.69, 9.17) is 17.2 Å². The molecule has 3 fully saturated rings. The smallest absolute Gasteiger partial charge is 0.326 e. The van der Waals surface area contributed by atoms with Gasteiger partial charge in [0.2, 0.25) is 41.4 Å². The molecular weight excluding hydrogens is 839 g/mol. The molecule has 0 bridgehead atoms. The van der Waals surface area contributed by atoms with Gasteiger partial charge in [-0.2, -0.15) is 0 Å². The number of carboxylic acids is 1. The van der Waals surface area contributed by atoms with Gasteiger partial charge in [0.15, 0.2) is 5.96 Å². The maximum atomic E-state index is 14.2. The molecule has 64 heavy (non-hydrogen) atoms. The first-order chi connectivity index (χ1) is 30.4. The fourth-order valence-electron chi connectivity index (χ4n) is 8.24. The number of aliphatic imine (C=N–C) groups is 1. The number of nitrogens with one attached hydrogen (secondary N) is 5. The van der Waals surface area contributed by atoms with Gasteiger partial charge in [-0.1, -0.05) is 20.3 Å². The summed E-state index contributed by atoms with van der Waals surface area (Å²) >= 11 is 0. The van der Waals surface area contributed by atoms with Gasteiger partial charge in [-0.3, -0.25) is 38.6 Å². The third kappa shape index (κ3) is 13.1. The number of H-pyrrole nitrogens is 1. The molecule has 10 atom stereocenters. The molecule has 0 unspecified atom stereocenters. The van der Waals surface area contributed by atoms with Crippen LogP contribution in [0.4, 0.5) is 0 Å². The van der Waals surface area contributed by atoms with Crippen molar-refractivity contribution in [1.82, 2.24) is 45.9 Å². The van der Waals surface area contributed by atoms with Gasteiger partial charge < -0.3 is 73.5 Å². The van der Waals surface area contributed by atoms with Gasteiger partial charge in [-0.25, -0.2) is 9.78 Å². The number of aromatic nitrogens is 2. The van der Waals surface area contributed by atoms with E-state index in [1.54, 1.807) is 13.8 Å². The highest BCUT2D eigenvalue weighted by Gasteiger charge is 2.44. The average Bonchev–Trinajstić information content (AvgIpc) is 4.11. The van der Waals surface area contributed by atoms with Crippen LogP contribution in [0.3, 0.4) is 0 Å². The maximum Gasteiger partial charge on any atom is 0.326 e. The Balaban J connectivity index is 1.44. The van der Waals surface area contributed by atoms with Crippen molar-refractivity contribution in [2.45, 2.75) is 139 Å². The first-order valence-electron chi connectivity index (χ1n) is 21.8. The van der Waals surface area contributed by atoms with E-state index in [-0.39, 0.29) is 57.8 Å². The summed E-state index contributed by atoms with van der Waals surface area (Å²) in [7, 11) is 0. The number of nitrogens with two attached hydrogens (primary N) is 3. The van der Waals surface area contributed by atoms with E-state index in [0.29, 0.717) is 44.2 Å². The molecule has 3 aliphatic heterocycles. The van der Waals surface area contributed by atoms with Crippen molar-refractivity contribution in [2.75, 3.05) is 32.8 Å². The van der Waals surface area contributed by atoms with Gasteiger partial charge in [0, 0.05) is 44.5 Å². The number of aliphatic hydroxyl groups is 2. The standard InChI is InChI=1S/C40H65N13O11/c1-4-21(2)30(37(61)52-15-7-11-28(52)35(59)50-31(22(3)55)38(62)53-16-8-12-29(53)39(63)64)49-33(57)26(19-54)48-32(56)25(17-23-18-44-20-46-23)47-34(58)27-10-6-14-51(27)36(60)24(41)9-5-13-45-40(42)43/h18,20-22,24-31,54-55H,4-17,19,41H2,1-3H3,(H,44,46)(H,47,58)(H,48,56)(H,49,57)(H,50,59)(H,63,64)(H4,42,43,45)/t21-,22+,24-,25-,26-,27-,28-,29-,30-,31-/m0/s1. The molecule has 24 nitrogen and oxygen atoms in total. The zero-order chi connectivity index (χ0) is 47.2. The zero-order valence-corrected chi connectivity index (χ0v) is 36.6. The lowest BCUT2D eigenvalue weighted by Gasteiger charge is -2.34. The number of aliphatic hydroxyl groups excluding tert-OH is 2. The molecule has 0 saturated carbocycles. The molecular formula is C40H65N13O11. The van der Waals surface area contributed by atoms with Crippen molar-refractivity contribution in [3.8, 4) is 0 Å². The summed E-state index contributed by atoms with van der Waals surface area (Å²) in [6.07, 6.45) is 4.42. The van der Waals surface area contributed by atoms with E-state index in [9.17, 15) is 53.7 Å². The Bertz CT molecular complexity index is 1840. The Hall–Kier alpha value is -5.88. The molecule has 0 radical (unpaired) electrons. The molecule has 24 heteroatoms. The monoisotopic (exact) mass is 903 g/mol. The highest BCUT2D eigenvalue weighted by Crippen LogP contribution is 2.24. The van der Waals surface area contributed by atoms with Crippen molar-refractivity contribution >= 4 is 53.3 Å². The van der Waals surface area contributed by atoms with Gasteiger partial charge in [0.25, 0.3) is 0 Å². The lowest BCUT2D eigenvalue weighted by Crippen LogP contribution is -2.62. The molecule has 3 aliphatic rings. The van der Waals surface area contributed by atoms with Crippen LogP contribution in [0, 0.1) is 5.92 Å². The van der Waals surface area contributed by atoms with E-state index in [2.05, 4.69) is 36.2 Å². The third-order valence-corrected chi connectivity index (χ3v) is 12.0. The summed E-state index contributed by atoms with van der Waals surface area (Å²) in [4.78, 5) is 122. The first-order valence-corrected chi connectivity index (χ1v) is 21.8. The minimum atomic E-state index is -1.61. The normalized spacial score (nSPS) is 21.7. The highest BCUT2D eigenvalue weighted by molar-refractivity contribution is 5.98. The number of carbonyl (C=O) groups excluding carboxylic acids is 7. The number of nitrogens with zero attached hydrogens (tertiary/aromatic N) is 5. The quantitative estimate of drug-likeness (QED) is 0.0298. The van der Waals surface area contributed by atoms with Crippen LogP contribution in [0.1, 0.15) is 84.3 Å². The lowest BCUT2D eigenvalue weighted by atomic mass is 9.96. The summed E-state index contributed by atoms with van der Waals surface area (Å²) in [6, 6.07) is -9.73. The van der Waals surface area contributed by atoms with Crippen molar-refractivity contribution in [3.63, 3.8) is 0 Å². The molecule has 356 valence electrons. The molecule has 3 saturated heterocycles. The second kappa shape index (κ2) is 23.7. The van der Waals surface area contributed by atoms with E-state index in [1.807, 2.05) is 0 Å². The van der Waals surface area contributed by atoms with Gasteiger partial charge in [0.1, 0.15) is 42.3 Å². The summed E-state index contributed by atoms with van der Waals surface area (Å²) in [6.45, 7) is 4.64. The minimum Gasteiger partial charge on any atom is -0.480 e. The van der Waals surface area contributed by atoms with Crippen LogP contribution in [0.25, 0.3) is 0 Å². The summed E-state index contributed by atoms with van der Waals surface area (Å²) in [5.74, 6) is -6.83. The molecule has 1 aromatic rings. The average molecular weight is 904 g/mol. The molecule has 1 aromatic heterocycles. The zero-order valence-electron chi connectivity index (χ0n) is 36.6. The second-order valence-corrected chi connectivity index (χ2v) is 16.6. The van der Waals surface area contributed by atoms with Crippen LogP contribution in [-0.4, -0.2) is 180 Å². The number of aromatic amines is 1. The second-order valence-electron chi connectivity index (χ2n) is 16.6.